The van der Waals surface area contributed by atoms with E-state index in [-0.39, 0.29) is 5.78 Å². The minimum atomic E-state index is 0.0607. The number of ketones is 1. The van der Waals surface area contributed by atoms with Crippen molar-refractivity contribution in [2.24, 2.45) is 0 Å². The minimum Gasteiger partial charge on any atom is -0.289 e. The molecule has 2 rings (SSSR count). The highest BCUT2D eigenvalue weighted by atomic mass is 79.9. The van der Waals surface area contributed by atoms with E-state index in [1.165, 1.54) is 0 Å². The Kier molecular flexibility index (Phi) is 3.20. The van der Waals surface area contributed by atoms with E-state index in [9.17, 15) is 4.79 Å². The van der Waals surface area contributed by atoms with Crippen LogP contribution in [0.15, 0.2) is 53.0 Å². The van der Waals surface area contributed by atoms with Gasteiger partial charge in [-0.15, -0.1) is 0 Å². The molecular formula is C14H11BrO. The molecule has 0 fully saturated rings. The van der Waals surface area contributed by atoms with E-state index in [0.717, 1.165) is 15.6 Å². The van der Waals surface area contributed by atoms with Gasteiger partial charge in [0.05, 0.1) is 0 Å². The summed E-state index contributed by atoms with van der Waals surface area (Å²) in [5.74, 6) is 0.0607. The lowest BCUT2D eigenvalue weighted by molar-refractivity contribution is 0.103. The number of hydrogen-bond acceptors (Lipinski definition) is 1. The van der Waals surface area contributed by atoms with Gasteiger partial charge >= 0.3 is 0 Å². The first-order chi connectivity index (χ1) is 7.70. The smallest absolute Gasteiger partial charge is 0.194 e. The molecule has 0 aromatic heterocycles. The summed E-state index contributed by atoms with van der Waals surface area (Å²) in [5.41, 5.74) is 2.47. The highest BCUT2D eigenvalue weighted by molar-refractivity contribution is 9.10. The Morgan fingerprint density at radius 3 is 2.12 bits per heavy atom. The summed E-state index contributed by atoms with van der Waals surface area (Å²) in [4.78, 5) is 12.3. The van der Waals surface area contributed by atoms with Crippen molar-refractivity contribution in [2.45, 2.75) is 6.92 Å². The van der Waals surface area contributed by atoms with Crippen LogP contribution in [0.4, 0.5) is 0 Å². The van der Waals surface area contributed by atoms with Gasteiger partial charge in [-0.2, -0.15) is 0 Å². The van der Waals surface area contributed by atoms with Gasteiger partial charge in [-0.25, -0.2) is 0 Å². The number of carbonyl (C=O) groups is 1. The van der Waals surface area contributed by atoms with Crippen molar-refractivity contribution >= 4 is 21.7 Å². The van der Waals surface area contributed by atoms with Gasteiger partial charge in [-0.1, -0.05) is 52.3 Å². The molecule has 0 radical (unpaired) electrons. The summed E-state index contributed by atoms with van der Waals surface area (Å²) in [6.45, 7) is 1.95. The zero-order chi connectivity index (χ0) is 11.5. The van der Waals surface area contributed by atoms with Crippen molar-refractivity contribution in [2.75, 3.05) is 0 Å². The van der Waals surface area contributed by atoms with Crippen LogP contribution in [-0.2, 0) is 0 Å². The molecule has 0 heterocycles. The molecule has 0 amide bonds. The van der Waals surface area contributed by atoms with E-state index in [4.69, 9.17) is 0 Å². The monoisotopic (exact) mass is 274 g/mol. The molecule has 2 aromatic carbocycles. The van der Waals surface area contributed by atoms with E-state index < -0.39 is 0 Å². The lowest BCUT2D eigenvalue weighted by atomic mass is 9.99. The van der Waals surface area contributed by atoms with Crippen LogP contribution in [0.1, 0.15) is 21.5 Å². The Bertz CT molecular complexity index is 484. The largest absolute Gasteiger partial charge is 0.289 e. The molecule has 0 unspecified atom stereocenters. The fraction of sp³-hybridized carbons (Fsp3) is 0.0714. The SMILES string of the molecule is Cc1ccccc1C(=O)c1ccccc1Br. The normalized spacial score (nSPS) is 10.1. The number of halogens is 1. The lowest BCUT2D eigenvalue weighted by Crippen LogP contribution is -2.04. The standard InChI is InChI=1S/C14H11BrO/c1-10-6-2-3-7-11(10)14(16)12-8-4-5-9-13(12)15/h2-9H,1H3. The zero-order valence-corrected chi connectivity index (χ0v) is 10.5. The molecule has 0 aliphatic heterocycles. The van der Waals surface area contributed by atoms with Gasteiger partial charge in [0.2, 0.25) is 0 Å². The first-order valence-electron chi connectivity index (χ1n) is 5.05. The van der Waals surface area contributed by atoms with E-state index >= 15 is 0 Å². The van der Waals surface area contributed by atoms with E-state index in [0.29, 0.717) is 5.56 Å². The van der Waals surface area contributed by atoms with Gasteiger partial charge < -0.3 is 0 Å². The van der Waals surface area contributed by atoms with E-state index in [1.54, 1.807) is 0 Å². The summed E-state index contributed by atoms with van der Waals surface area (Å²) in [7, 11) is 0. The van der Waals surface area contributed by atoms with Gasteiger partial charge in [0.25, 0.3) is 0 Å². The molecule has 0 N–H and O–H groups in total. The topological polar surface area (TPSA) is 17.1 Å². The summed E-state index contributed by atoms with van der Waals surface area (Å²) < 4.78 is 0.836. The molecule has 0 aliphatic carbocycles. The predicted octanol–water partition coefficient (Wildman–Crippen LogP) is 3.99. The van der Waals surface area contributed by atoms with Crippen LogP contribution in [-0.4, -0.2) is 5.78 Å². The third kappa shape index (κ3) is 2.07. The molecule has 0 saturated heterocycles. The van der Waals surface area contributed by atoms with Crippen molar-refractivity contribution in [3.05, 3.63) is 69.7 Å². The molecule has 0 atom stereocenters. The van der Waals surface area contributed by atoms with Crippen molar-refractivity contribution in [3.63, 3.8) is 0 Å². The number of hydrogen-bond donors (Lipinski definition) is 0. The maximum atomic E-state index is 12.3. The van der Waals surface area contributed by atoms with Gasteiger partial charge in [-0.3, -0.25) is 4.79 Å². The van der Waals surface area contributed by atoms with Crippen LogP contribution in [0.3, 0.4) is 0 Å². The second kappa shape index (κ2) is 4.62. The second-order valence-corrected chi connectivity index (χ2v) is 4.48. The molecule has 2 heteroatoms. The first-order valence-corrected chi connectivity index (χ1v) is 5.84. The van der Waals surface area contributed by atoms with Crippen molar-refractivity contribution in [1.29, 1.82) is 0 Å². The average molecular weight is 275 g/mol. The number of carbonyl (C=O) groups excluding carboxylic acids is 1. The third-order valence-electron chi connectivity index (χ3n) is 2.51. The molecule has 0 bridgehead atoms. The average Bonchev–Trinajstić information content (AvgIpc) is 2.29. The summed E-state index contributed by atoms with van der Waals surface area (Å²) in [5, 5.41) is 0. The molecule has 0 spiro atoms. The Hall–Kier alpha value is -1.41. The molecule has 0 aliphatic rings. The van der Waals surface area contributed by atoms with Crippen molar-refractivity contribution in [3.8, 4) is 0 Å². The maximum absolute atomic E-state index is 12.3. The third-order valence-corrected chi connectivity index (χ3v) is 3.20. The van der Waals surface area contributed by atoms with E-state index in [2.05, 4.69) is 15.9 Å². The van der Waals surface area contributed by atoms with E-state index in [1.807, 2.05) is 55.5 Å². The Labute approximate surface area is 103 Å². The second-order valence-electron chi connectivity index (χ2n) is 3.62. The van der Waals surface area contributed by atoms with Crippen LogP contribution in [0.5, 0.6) is 0 Å². The van der Waals surface area contributed by atoms with Crippen LogP contribution >= 0.6 is 15.9 Å². The van der Waals surface area contributed by atoms with Crippen LogP contribution < -0.4 is 0 Å². The van der Waals surface area contributed by atoms with Crippen LogP contribution in [0.2, 0.25) is 0 Å². The van der Waals surface area contributed by atoms with Crippen LogP contribution in [0.25, 0.3) is 0 Å². The Balaban J connectivity index is 2.48. The van der Waals surface area contributed by atoms with Crippen molar-refractivity contribution in [1.82, 2.24) is 0 Å². The maximum Gasteiger partial charge on any atom is 0.194 e. The summed E-state index contributed by atoms with van der Waals surface area (Å²) >= 11 is 3.40. The number of rotatable bonds is 2. The Morgan fingerprint density at radius 1 is 0.938 bits per heavy atom. The van der Waals surface area contributed by atoms with Gasteiger partial charge in [-0.05, 0) is 24.6 Å². The Morgan fingerprint density at radius 2 is 1.50 bits per heavy atom. The molecule has 80 valence electrons. The highest BCUT2D eigenvalue weighted by Gasteiger charge is 2.13. The lowest BCUT2D eigenvalue weighted by Gasteiger charge is -2.06. The number of aryl methyl sites for hydroxylation is 1. The predicted molar refractivity (Wildman–Crippen MR) is 68.8 cm³/mol. The number of benzene rings is 2. The van der Waals surface area contributed by atoms with Gasteiger partial charge in [0.1, 0.15) is 0 Å². The molecule has 0 saturated carbocycles. The first kappa shape index (κ1) is 11.1. The molecule has 2 aromatic rings. The fourth-order valence-electron chi connectivity index (χ4n) is 1.62. The minimum absolute atomic E-state index is 0.0607. The van der Waals surface area contributed by atoms with Crippen LogP contribution in [0, 0.1) is 6.92 Å². The highest BCUT2D eigenvalue weighted by Crippen LogP contribution is 2.21. The zero-order valence-electron chi connectivity index (χ0n) is 8.91. The van der Waals surface area contributed by atoms with Gasteiger partial charge in [0, 0.05) is 15.6 Å². The fourth-order valence-corrected chi connectivity index (χ4v) is 2.08. The summed E-state index contributed by atoms with van der Waals surface area (Å²) in [6.07, 6.45) is 0. The molecular weight excluding hydrogens is 264 g/mol. The molecule has 16 heavy (non-hydrogen) atoms. The van der Waals surface area contributed by atoms with Gasteiger partial charge in [0.15, 0.2) is 5.78 Å². The molecule has 1 nitrogen and oxygen atoms in total. The van der Waals surface area contributed by atoms with Crippen molar-refractivity contribution < 1.29 is 4.79 Å². The summed E-state index contributed by atoms with van der Waals surface area (Å²) in [6, 6.07) is 15.1. The quantitative estimate of drug-likeness (QED) is 0.757.